The fourth-order valence-electron chi connectivity index (χ4n) is 1.91. The number of ketones is 1. The Labute approximate surface area is 85.5 Å². The highest BCUT2D eigenvalue weighted by atomic mass is 16.2. The van der Waals surface area contributed by atoms with Crippen LogP contribution in [0.4, 0.5) is 0 Å². The summed E-state index contributed by atoms with van der Waals surface area (Å²) in [6.07, 6.45) is 1.58. The Balaban J connectivity index is 2.55. The lowest BCUT2D eigenvalue weighted by Gasteiger charge is -2.34. The summed E-state index contributed by atoms with van der Waals surface area (Å²) < 4.78 is 0. The first-order chi connectivity index (χ1) is 6.50. The smallest absolute Gasteiger partial charge is 0.222 e. The lowest BCUT2D eigenvalue weighted by Crippen LogP contribution is -2.43. The maximum Gasteiger partial charge on any atom is 0.222 e. The summed E-state index contributed by atoms with van der Waals surface area (Å²) in [7, 11) is 0. The lowest BCUT2D eigenvalue weighted by molar-refractivity contribution is -0.138. The van der Waals surface area contributed by atoms with E-state index in [9.17, 15) is 9.59 Å². The molecule has 1 saturated heterocycles. The maximum absolute atomic E-state index is 11.5. The van der Waals surface area contributed by atoms with E-state index in [0.29, 0.717) is 24.8 Å². The Morgan fingerprint density at radius 3 is 2.71 bits per heavy atom. The van der Waals surface area contributed by atoms with Crippen molar-refractivity contribution in [3.05, 3.63) is 0 Å². The number of carbonyl (C=O) groups is 2. The summed E-state index contributed by atoms with van der Waals surface area (Å²) in [5, 5.41) is 0. The van der Waals surface area contributed by atoms with Gasteiger partial charge in [-0.1, -0.05) is 13.8 Å². The molecule has 0 radical (unpaired) electrons. The molecule has 0 aliphatic carbocycles. The van der Waals surface area contributed by atoms with Gasteiger partial charge >= 0.3 is 0 Å². The quantitative estimate of drug-likeness (QED) is 0.687. The van der Waals surface area contributed by atoms with Gasteiger partial charge in [0.2, 0.25) is 5.91 Å². The highest BCUT2D eigenvalue weighted by molar-refractivity contribution is 5.85. The van der Waals surface area contributed by atoms with Crippen LogP contribution in [-0.4, -0.2) is 29.7 Å². The first-order valence-electron chi connectivity index (χ1n) is 5.28. The molecule has 1 rings (SSSR count). The highest BCUT2D eigenvalue weighted by Crippen LogP contribution is 2.23. The third-order valence-electron chi connectivity index (χ3n) is 2.89. The molecule has 0 aromatic carbocycles. The van der Waals surface area contributed by atoms with E-state index in [-0.39, 0.29) is 11.7 Å². The van der Waals surface area contributed by atoms with Gasteiger partial charge in [-0.2, -0.15) is 0 Å². The monoisotopic (exact) mass is 197 g/mol. The van der Waals surface area contributed by atoms with E-state index < -0.39 is 0 Å². The van der Waals surface area contributed by atoms with E-state index in [0.717, 1.165) is 13.0 Å². The Morgan fingerprint density at radius 1 is 1.57 bits per heavy atom. The molecule has 0 N–H and O–H groups in total. The minimum absolute atomic E-state index is 0.0720. The number of Topliss-reactive ketones (excluding diaryl/α,β-unsaturated/α-hetero) is 1. The van der Waals surface area contributed by atoms with E-state index >= 15 is 0 Å². The zero-order valence-electron chi connectivity index (χ0n) is 9.25. The van der Waals surface area contributed by atoms with Gasteiger partial charge in [-0.3, -0.25) is 9.59 Å². The minimum Gasteiger partial charge on any atom is -0.335 e. The van der Waals surface area contributed by atoms with Crippen LogP contribution in [0.3, 0.4) is 0 Å². The van der Waals surface area contributed by atoms with Crippen molar-refractivity contribution in [1.82, 2.24) is 4.90 Å². The lowest BCUT2D eigenvalue weighted by atomic mass is 9.87. The molecular weight excluding hydrogens is 178 g/mol. The topological polar surface area (TPSA) is 37.4 Å². The zero-order chi connectivity index (χ0) is 10.7. The third-order valence-corrected chi connectivity index (χ3v) is 2.89. The molecule has 1 atom stereocenters. The number of amides is 1. The summed E-state index contributed by atoms with van der Waals surface area (Å²) >= 11 is 0. The maximum atomic E-state index is 11.5. The molecule has 0 aromatic heterocycles. The van der Waals surface area contributed by atoms with Crippen molar-refractivity contribution in [3.63, 3.8) is 0 Å². The molecule has 0 saturated carbocycles. The molecule has 1 unspecified atom stereocenters. The average Bonchev–Trinajstić information content (AvgIpc) is 2.07. The van der Waals surface area contributed by atoms with Crippen LogP contribution in [0.2, 0.25) is 0 Å². The molecule has 1 amide bonds. The van der Waals surface area contributed by atoms with Crippen LogP contribution >= 0.6 is 0 Å². The van der Waals surface area contributed by atoms with E-state index in [1.165, 1.54) is 6.92 Å². The molecule has 0 spiro atoms. The number of likely N-dealkylation sites (tertiary alicyclic amines) is 1. The van der Waals surface area contributed by atoms with Crippen LogP contribution < -0.4 is 0 Å². The number of rotatable bonds is 3. The van der Waals surface area contributed by atoms with E-state index in [1.54, 1.807) is 4.90 Å². The molecule has 1 aliphatic rings. The van der Waals surface area contributed by atoms with Gasteiger partial charge in [0.1, 0.15) is 5.78 Å². The van der Waals surface area contributed by atoms with Gasteiger partial charge in [-0.15, -0.1) is 0 Å². The minimum atomic E-state index is 0.0720. The van der Waals surface area contributed by atoms with Crippen molar-refractivity contribution in [1.29, 1.82) is 0 Å². The van der Waals surface area contributed by atoms with Gasteiger partial charge in [0.25, 0.3) is 0 Å². The molecular formula is C11H19NO2. The Hall–Kier alpha value is -0.860. The number of nitrogens with zero attached hydrogens (tertiary/aromatic N) is 1. The second kappa shape index (κ2) is 4.58. The SMILES string of the molecule is CC(=O)CN1CC(C(C)C)CCC1=O. The predicted octanol–water partition coefficient (Wildman–Crippen LogP) is 1.47. The number of carbonyl (C=O) groups excluding carboxylic acids is 2. The Morgan fingerprint density at radius 2 is 2.21 bits per heavy atom. The van der Waals surface area contributed by atoms with Crippen LogP contribution in [0.15, 0.2) is 0 Å². The molecule has 1 aliphatic heterocycles. The van der Waals surface area contributed by atoms with E-state index in [1.807, 2.05) is 0 Å². The average molecular weight is 197 g/mol. The van der Waals surface area contributed by atoms with Crippen molar-refractivity contribution in [2.75, 3.05) is 13.1 Å². The van der Waals surface area contributed by atoms with E-state index in [4.69, 9.17) is 0 Å². The van der Waals surface area contributed by atoms with Crippen molar-refractivity contribution >= 4 is 11.7 Å². The van der Waals surface area contributed by atoms with Crippen molar-refractivity contribution in [3.8, 4) is 0 Å². The molecule has 0 aromatic rings. The van der Waals surface area contributed by atoms with Crippen LogP contribution in [0.5, 0.6) is 0 Å². The molecule has 1 fully saturated rings. The van der Waals surface area contributed by atoms with Crippen molar-refractivity contribution in [2.24, 2.45) is 11.8 Å². The van der Waals surface area contributed by atoms with Gasteiger partial charge in [-0.25, -0.2) is 0 Å². The molecule has 80 valence electrons. The molecule has 3 nitrogen and oxygen atoms in total. The van der Waals surface area contributed by atoms with Crippen molar-refractivity contribution < 1.29 is 9.59 Å². The summed E-state index contributed by atoms with van der Waals surface area (Å²) in [4.78, 5) is 24.1. The first-order valence-corrected chi connectivity index (χ1v) is 5.28. The van der Waals surface area contributed by atoms with Crippen LogP contribution in [0, 0.1) is 11.8 Å². The Bertz CT molecular complexity index is 235. The second-order valence-corrected chi connectivity index (χ2v) is 4.52. The van der Waals surface area contributed by atoms with E-state index in [2.05, 4.69) is 13.8 Å². The summed E-state index contributed by atoms with van der Waals surface area (Å²) in [5.41, 5.74) is 0. The first kappa shape index (κ1) is 11.2. The normalized spacial score (nSPS) is 23.0. The molecule has 14 heavy (non-hydrogen) atoms. The fraction of sp³-hybridized carbons (Fsp3) is 0.818. The zero-order valence-corrected chi connectivity index (χ0v) is 9.25. The summed E-state index contributed by atoms with van der Waals surface area (Å²) in [5.74, 6) is 1.37. The number of hydrogen-bond acceptors (Lipinski definition) is 2. The number of hydrogen-bond donors (Lipinski definition) is 0. The molecule has 1 heterocycles. The standard InChI is InChI=1S/C11H19NO2/c1-8(2)10-4-5-11(14)12(7-10)6-9(3)13/h8,10H,4-7H2,1-3H3. The van der Waals surface area contributed by atoms with Gasteiger partial charge in [0.15, 0.2) is 0 Å². The molecule has 0 bridgehead atoms. The van der Waals surface area contributed by atoms with Gasteiger partial charge in [-0.05, 0) is 25.2 Å². The molecule has 3 heteroatoms. The predicted molar refractivity (Wildman–Crippen MR) is 54.8 cm³/mol. The van der Waals surface area contributed by atoms with Crippen LogP contribution in [0.25, 0.3) is 0 Å². The van der Waals surface area contributed by atoms with Gasteiger partial charge in [0.05, 0.1) is 6.54 Å². The van der Waals surface area contributed by atoms with Crippen LogP contribution in [0.1, 0.15) is 33.6 Å². The number of piperidine rings is 1. The highest BCUT2D eigenvalue weighted by Gasteiger charge is 2.27. The second-order valence-electron chi connectivity index (χ2n) is 4.52. The third kappa shape index (κ3) is 2.82. The van der Waals surface area contributed by atoms with Gasteiger partial charge < -0.3 is 4.90 Å². The van der Waals surface area contributed by atoms with Crippen molar-refractivity contribution in [2.45, 2.75) is 33.6 Å². The van der Waals surface area contributed by atoms with Crippen LogP contribution in [-0.2, 0) is 9.59 Å². The summed E-state index contributed by atoms with van der Waals surface area (Å²) in [6.45, 7) is 6.93. The van der Waals surface area contributed by atoms with Gasteiger partial charge in [0, 0.05) is 13.0 Å². The Kier molecular flexibility index (Phi) is 3.67. The largest absolute Gasteiger partial charge is 0.335 e. The fourth-order valence-corrected chi connectivity index (χ4v) is 1.91. The summed E-state index contributed by atoms with van der Waals surface area (Å²) in [6, 6.07) is 0.